The molecule has 1 aliphatic carbocycles. The zero-order valence-corrected chi connectivity index (χ0v) is 16.1. The van der Waals surface area contributed by atoms with E-state index in [1.165, 1.54) is 12.1 Å². The van der Waals surface area contributed by atoms with Crippen LogP contribution in [-0.4, -0.2) is 15.8 Å². The third kappa shape index (κ3) is 4.49. The highest BCUT2D eigenvalue weighted by molar-refractivity contribution is 6.51. The van der Waals surface area contributed by atoms with Gasteiger partial charge in [0.1, 0.15) is 15.9 Å². The van der Waals surface area contributed by atoms with E-state index in [2.05, 4.69) is 5.32 Å². The number of nitrogens with one attached hydrogen (secondary N) is 1. The van der Waals surface area contributed by atoms with E-state index in [0.29, 0.717) is 12.3 Å². The largest absolute Gasteiger partial charge is 0.478 e. The lowest BCUT2D eigenvalue weighted by atomic mass is 10.1. The van der Waals surface area contributed by atoms with Crippen molar-refractivity contribution in [2.75, 3.05) is 0 Å². The van der Waals surface area contributed by atoms with Crippen molar-refractivity contribution in [2.45, 2.75) is 42.7 Å². The lowest BCUT2D eigenvalue weighted by Crippen LogP contribution is -2.46. The second-order valence-corrected chi connectivity index (χ2v) is 8.55. The van der Waals surface area contributed by atoms with Crippen molar-refractivity contribution < 1.29 is 13.9 Å². The second-order valence-electron chi connectivity index (χ2n) is 7.01. The van der Waals surface area contributed by atoms with Crippen LogP contribution in [-0.2, 0) is 11.3 Å². The molecule has 1 amide bonds. The van der Waals surface area contributed by atoms with Gasteiger partial charge in [-0.2, -0.15) is 0 Å². The fourth-order valence-corrected chi connectivity index (χ4v) is 3.24. The van der Waals surface area contributed by atoms with Crippen LogP contribution in [0, 0.1) is 5.82 Å². The summed E-state index contributed by atoms with van der Waals surface area (Å²) in [6, 6.07) is 13.4. The van der Waals surface area contributed by atoms with Gasteiger partial charge in [-0.05, 0) is 55.7 Å². The number of carbonyl (C=O) groups excluding carboxylic acids is 1. The van der Waals surface area contributed by atoms with Crippen LogP contribution in [0.2, 0.25) is 0 Å². The fourth-order valence-electron chi connectivity index (χ4n) is 2.68. The van der Waals surface area contributed by atoms with Crippen LogP contribution >= 0.6 is 23.2 Å². The maximum Gasteiger partial charge on any atom is 0.263 e. The normalized spacial score (nSPS) is 18.3. The molecule has 0 spiro atoms. The first-order chi connectivity index (χ1) is 12.2. The van der Waals surface area contributed by atoms with Crippen molar-refractivity contribution >= 4 is 29.1 Å². The summed E-state index contributed by atoms with van der Waals surface area (Å²) in [7, 11) is 0. The summed E-state index contributed by atoms with van der Waals surface area (Å²) in [6.45, 7) is 3.70. The topological polar surface area (TPSA) is 38.3 Å². The Balaban J connectivity index is 1.57. The summed E-state index contributed by atoms with van der Waals surface area (Å²) in [5.74, 6) is 0.172. The van der Waals surface area contributed by atoms with Gasteiger partial charge in [0.2, 0.25) is 0 Å². The molecule has 0 radical (unpaired) electrons. The van der Waals surface area contributed by atoms with Crippen molar-refractivity contribution in [3.63, 3.8) is 0 Å². The van der Waals surface area contributed by atoms with Crippen molar-refractivity contribution in [1.82, 2.24) is 5.32 Å². The van der Waals surface area contributed by atoms with Crippen molar-refractivity contribution in [3.8, 4) is 5.75 Å². The van der Waals surface area contributed by atoms with Crippen LogP contribution in [0.4, 0.5) is 4.39 Å². The third-order valence-electron chi connectivity index (χ3n) is 4.39. The average molecular weight is 396 g/mol. The van der Waals surface area contributed by atoms with Crippen molar-refractivity contribution in [3.05, 3.63) is 65.5 Å². The number of halogens is 3. The second kappa shape index (κ2) is 7.09. The molecule has 0 aliphatic heterocycles. The van der Waals surface area contributed by atoms with E-state index >= 15 is 0 Å². The Morgan fingerprint density at radius 1 is 1.19 bits per heavy atom. The van der Waals surface area contributed by atoms with E-state index in [9.17, 15) is 9.18 Å². The maximum absolute atomic E-state index is 12.9. The fraction of sp³-hybridized carbons (Fsp3) is 0.350. The van der Waals surface area contributed by atoms with E-state index in [1.807, 2.05) is 24.3 Å². The molecule has 2 aromatic carbocycles. The average Bonchev–Trinajstić information content (AvgIpc) is 3.23. The first kappa shape index (κ1) is 19.0. The number of ether oxygens (including phenoxy) is 1. The van der Waals surface area contributed by atoms with E-state index in [0.717, 1.165) is 17.5 Å². The van der Waals surface area contributed by atoms with Gasteiger partial charge >= 0.3 is 0 Å². The molecule has 3 rings (SSSR count). The van der Waals surface area contributed by atoms with Crippen LogP contribution in [0.25, 0.3) is 0 Å². The number of benzene rings is 2. The number of rotatable bonds is 6. The molecular formula is C20H20Cl2FNO2. The van der Waals surface area contributed by atoms with Gasteiger partial charge in [-0.3, -0.25) is 4.79 Å². The molecule has 2 aromatic rings. The third-order valence-corrected chi connectivity index (χ3v) is 5.23. The van der Waals surface area contributed by atoms with Gasteiger partial charge in [-0.1, -0.05) is 24.3 Å². The summed E-state index contributed by atoms with van der Waals surface area (Å²) in [5.41, 5.74) is 0.819. The Hall–Kier alpha value is -1.78. The van der Waals surface area contributed by atoms with Gasteiger partial charge in [-0.15, -0.1) is 23.2 Å². The molecule has 1 N–H and O–H groups in total. The highest BCUT2D eigenvalue weighted by Gasteiger charge is 2.52. The van der Waals surface area contributed by atoms with Crippen LogP contribution < -0.4 is 10.1 Å². The smallest absolute Gasteiger partial charge is 0.263 e. The van der Waals surface area contributed by atoms with Gasteiger partial charge in [0.15, 0.2) is 5.60 Å². The first-order valence-electron chi connectivity index (χ1n) is 8.37. The summed E-state index contributed by atoms with van der Waals surface area (Å²) in [5, 5.41) is 2.81. The summed E-state index contributed by atoms with van der Waals surface area (Å²) < 4.78 is 18.1. The lowest BCUT2D eigenvalue weighted by Gasteiger charge is -2.25. The van der Waals surface area contributed by atoms with Crippen LogP contribution in [0.5, 0.6) is 5.75 Å². The quantitative estimate of drug-likeness (QED) is 0.701. The molecule has 0 unspecified atom stereocenters. The zero-order valence-electron chi connectivity index (χ0n) is 14.6. The highest BCUT2D eigenvalue weighted by atomic mass is 35.5. The molecule has 1 fully saturated rings. The van der Waals surface area contributed by atoms with E-state index in [1.54, 1.807) is 26.0 Å². The van der Waals surface area contributed by atoms with Crippen LogP contribution in [0.3, 0.4) is 0 Å². The molecule has 1 saturated carbocycles. The molecule has 138 valence electrons. The number of hydrogen-bond acceptors (Lipinski definition) is 2. The van der Waals surface area contributed by atoms with Gasteiger partial charge in [0, 0.05) is 12.5 Å². The Labute approximate surface area is 162 Å². The number of amides is 1. The molecule has 1 atom stereocenters. The maximum atomic E-state index is 12.9. The SMILES string of the molecule is CC(C)(Oc1ccc([C@H]2CC2(Cl)Cl)cc1)C(=O)NCc1ccc(F)cc1. The molecule has 0 heterocycles. The molecule has 1 aliphatic rings. The van der Waals surface area contributed by atoms with E-state index in [-0.39, 0.29) is 17.6 Å². The molecule has 0 bridgehead atoms. The predicted molar refractivity (Wildman–Crippen MR) is 101 cm³/mol. The Bertz CT molecular complexity index is 788. The number of hydrogen-bond donors (Lipinski definition) is 1. The zero-order chi connectivity index (χ0) is 18.9. The van der Waals surface area contributed by atoms with Gasteiger partial charge in [0.05, 0.1) is 0 Å². The Morgan fingerprint density at radius 3 is 2.31 bits per heavy atom. The number of alkyl halides is 2. The first-order valence-corrected chi connectivity index (χ1v) is 9.12. The standard InChI is InChI=1S/C20H20Cl2FNO2/c1-19(2,18(25)24-12-13-3-7-15(23)8-4-13)26-16-9-5-14(6-10-16)17-11-20(17,21)22/h3-10,17H,11-12H2,1-2H3,(H,24,25)/t17-/m1/s1. The lowest BCUT2D eigenvalue weighted by molar-refractivity contribution is -0.134. The van der Waals surface area contributed by atoms with Crippen molar-refractivity contribution in [1.29, 1.82) is 0 Å². The minimum absolute atomic E-state index is 0.145. The van der Waals surface area contributed by atoms with Crippen molar-refractivity contribution in [2.24, 2.45) is 0 Å². The molecule has 26 heavy (non-hydrogen) atoms. The van der Waals surface area contributed by atoms with E-state index < -0.39 is 9.93 Å². The monoisotopic (exact) mass is 395 g/mol. The van der Waals surface area contributed by atoms with Gasteiger partial charge in [-0.25, -0.2) is 4.39 Å². The Morgan fingerprint density at radius 2 is 1.77 bits per heavy atom. The molecule has 0 saturated heterocycles. The van der Waals surface area contributed by atoms with Gasteiger partial charge in [0.25, 0.3) is 5.91 Å². The molecule has 6 heteroatoms. The van der Waals surface area contributed by atoms with Gasteiger partial charge < -0.3 is 10.1 Å². The van der Waals surface area contributed by atoms with Crippen LogP contribution in [0.1, 0.15) is 37.3 Å². The molecule has 0 aromatic heterocycles. The molecule has 3 nitrogen and oxygen atoms in total. The predicted octanol–water partition coefficient (Wildman–Crippen LogP) is 4.96. The Kier molecular flexibility index (Phi) is 5.18. The minimum Gasteiger partial charge on any atom is -0.478 e. The number of carbonyl (C=O) groups is 1. The summed E-state index contributed by atoms with van der Waals surface area (Å²) in [6.07, 6.45) is 0.744. The summed E-state index contributed by atoms with van der Waals surface area (Å²) in [4.78, 5) is 12.4. The molecular weight excluding hydrogens is 376 g/mol. The van der Waals surface area contributed by atoms with E-state index in [4.69, 9.17) is 27.9 Å². The van der Waals surface area contributed by atoms with Crippen LogP contribution in [0.15, 0.2) is 48.5 Å². The highest BCUT2D eigenvalue weighted by Crippen LogP contribution is 2.59. The summed E-state index contributed by atoms with van der Waals surface area (Å²) >= 11 is 12.2. The minimum atomic E-state index is -1.05.